The topological polar surface area (TPSA) is 68.7 Å². The number of halogens is 3. The zero-order chi connectivity index (χ0) is 13.9. The summed E-state index contributed by atoms with van der Waals surface area (Å²) in [6.07, 6.45) is -4.69. The van der Waals surface area contributed by atoms with Gasteiger partial charge in [0.1, 0.15) is 5.75 Å². The van der Waals surface area contributed by atoms with Gasteiger partial charge in [-0.3, -0.25) is 9.78 Å². The maximum absolute atomic E-state index is 12.1. The van der Waals surface area contributed by atoms with Crippen molar-refractivity contribution < 1.29 is 32.5 Å². The fourth-order valence-electron chi connectivity index (χ4n) is 1.23. The summed E-state index contributed by atoms with van der Waals surface area (Å²) in [4.78, 5) is 14.6. The third-order valence-electron chi connectivity index (χ3n) is 2.08. The van der Waals surface area contributed by atoms with E-state index in [0.29, 0.717) is 0 Å². The van der Waals surface area contributed by atoms with Gasteiger partial charge >= 0.3 is 12.3 Å². The molecule has 0 atom stereocenters. The molecule has 0 aliphatic carbocycles. The van der Waals surface area contributed by atoms with Crippen molar-refractivity contribution in [3.63, 3.8) is 0 Å². The number of carbonyl (C=O) groups excluding carboxylic acids is 1. The Morgan fingerprint density at radius 2 is 2.11 bits per heavy atom. The van der Waals surface area contributed by atoms with Crippen molar-refractivity contribution in [2.24, 2.45) is 0 Å². The molecule has 100 valence electrons. The van der Waals surface area contributed by atoms with Crippen LogP contribution in [0.2, 0.25) is 0 Å². The predicted octanol–water partition coefficient (Wildman–Crippen LogP) is 1.71. The minimum Gasteiger partial charge on any atom is -0.506 e. The van der Waals surface area contributed by atoms with Gasteiger partial charge in [0.2, 0.25) is 0 Å². The molecule has 18 heavy (non-hydrogen) atoms. The normalized spacial score (nSPS) is 11.2. The quantitative estimate of drug-likeness (QED) is 0.842. The molecular weight excluding hydrogens is 255 g/mol. The first kappa shape index (κ1) is 14.1. The highest BCUT2D eigenvalue weighted by atomic mass is 19.4. The van der Waals surface area contributed by atoms with Crippen molar-refractivity contribution in [3.05, 3.63) is 17.5 Å². The van der Waals surface area contributed by atoms with E-state index in [1.54, 1.807) is 0 Å². The second-order valence-electron chi connectivity index (χ2n) is 3.34. The van der Waals surface area contributed by atoms with Crippen molar-refractivity contribution in [1.29, 1.82) is 0 Å². The van der Waals surface area contributed by atoms with Gasteiger partial charge in [-0.1, -0.05) is 0 Å². The number of carbonyl (C=O) groups is 1. The number of rotatable bonds is 3. The Morgan fingerprint density at radius 1 is 1.50 bits per heavy atom. The van der Waals surface area contributed by atoms with Crippen molar-refractivity contribution in [2.45, 2.75) is 19.7 Å². The standard InChI is InChI=1S/C10H10F3NO4/c1-5-9(16)6(3-8(15)17-2)7(4-14-5)18-10(11,12)13/h4,16H,3H2,1-2H3. The highest BCUT2D eigenvalue weighted by molar-refractivity contribution is 5.74. The van der Waals surface area contributed by atoms with Crippen LogP contribution in [0.4, 0.5) is 13.2 Å². The Kier molecular flexibility index (Phi) is 4.00. The monoisotopic (exact) mass is 265 g/mol. The summed E-state index contributed by atoms with van der Waals surface area (Å²) < 4.78 is 44.4. The van der Waals surface area contributed by atoms with E-state index in [4.69, 9.17) is 0 Å². The van der Waals surface area contributed by atoms with Crippen LogP contribution in [0.25, 0.3) is 0 Å². The summed E-state index contributed by atoms with van der Waals surface area (Å²) in [7, 11) is 1.08. The molecule has 1 N–H and O–H groups in total. The Bertz CT molecular complexity index is 459. The second-order valence-corrected chi connectivity index (χ2v) is 3.34. The first-order chi connectivity index (χ1) is 8.24. The van der Waals surface area contributed by atoms with E-state index in [2.05, 4.69) is 14.5 Å². The Labute approximate surface area is 100 Å². The van der Waals surface area contributed by atoms with E-state index < -0.39 is 30.3 Å². The molecule has 0 fully saturated rings. The zero-order valence-electron chi connectivity index (χ0n) is 9.54. The largest absolute Gasteiger partial charge is 0.573 e. The average Bonchev–Trinajstić information content (AvgIpc) is 2.26. The van der Waals surface area contributed by atoms with Gasteiger partial charge < -0.3 is 14.6 Å². The molecule has 0 amide bonds. The third kappa shape index (κ3) is 3.51. The van der Waals surface area contributed by atoms with E-state index >= 15 is 0 Å². The zero-order valence-corrected chi connectivity index (χ0v) is 9.54. The number of ether oxygens (including phenoxy) is 2. The highest BCUT2D eigenvalue weighted by Crippen LogP contribution is 2.33. The van der Waals surface area contributed by atoms with Crippen molar-refractivity contribution in [1.82, 2.24) is 4.98 Å². The van der Waals surface area contributed by atoms with Gasteiger partial charge in [0.05, 0.1) is 31.0 Å². The molecule has 8 heteroatoms. The lowest BCUT2D eigenvalue weighted by molar-refractivity contribution is -0.275. The molecular formula is C10H10F3NO4. The van der Waals surface area contributed by atoms with Crippen LogP contribution in [0.15, 0.2) is 6.20 Å². The maximum atomic E-state index is 12.1. The molecule has 1 heterocycles. The lowest BCUT2D eigenvalue weighted by Crippen LogP contribution is -2.19. The van der Waals surface area contributed by atoms with Crippen LogP contribution in [0, 0.1) is 6.92 Å². The van der Waals surface area contributed by atoms with Crippen LogP contribution >= 0.6 is 0 Å². The molecule has 0 spiro atoms. The van der Waals surface area contributed by atoms with Gasteiger partial charge in [-0.2, -0.15) is 0 Å². The van der Waals surface area contributed by atoms with E-state index in [-0.39, 0.29) is 11.3 Å². The van der Waals surface area contributed by atoms with Gasteiger partial charge in [-0.25, -0.2) is 0 Å². The summed E-state index contributed by atoms with van der Waals surface area (Å²) in [5, 5.41) is 9.60. The number of hydrogen-bond donors (Lipinski definition) is 1. The minimum atomic E-state index is -4.94. The van der Waals surface area contributed by atoms with Gasteiger partial charge in [-0.15, -0.1) is 13.2 Å². The van der Waals surface area contributed by atoms with Gasteiger partial charge in [-0.05, 0) is 6.92 Å². The number of aromatic nitrogens is 1. The predicted molar refractivity (Wildman–Crippen MR) is 53.0 cm³/mol. The fourth-order valence-corrected chi connectivity index (χ4v) is 1.23. The number of hydrogen-bond acceptors (Lipinski definition) is 5. The average molecular weight is 265 g/mol. The van der Waals surface area contributed by atoms with Gasteiger partial charge in [0.25, 0.3) is 0 Å². The Morgan fingerprint density at radius 3 is 2.61 bits per heavy atom. The van der Waals surface area contributed by atoms with Crippen molar-refractivity contribution in [2.75, 3.05) is 7.11 Å². The molecule has 1 aromatic heterocycles. The number of pyridine rings is 1. The fraction of sp³-hybridized carbons (Fsp3) is 0.400. The lowest BCUT2D eigenvalue weighted by atomic mass is 10.1. The van der Waals surface area contributed by atoms with E-state index in [9.17, 15) is 23.1 Å². The maximum Gasteiger partial charge on any atom is 0.573 e. The van der Waals surface area contributed by atoms with Crippen LogP contribution in [0.1, 0.15) is 11.3 Å². The van der Waals surface area contributed by atoms with Crippen LogP contribution in [-0.4, -0.2) is 29.5 Å². The first-order valence-electron chi connectivity index (χ1n) is 4.74. The molecule has 0 aromatic carbocycles. The summed E-state index contributed by atoms with van der Waals surface area (Å²) in [6, 6.07) is 0. The summed E-state index contributed by atoms with van der Waals surface area (Å²) >= 11 is 0. The number of aryl methyl sites for hydroxylation is 1. The minimum absolute atomic E-state index is 0.0865. The van der Waals surface area contributed by atoms with E-state index in [1.807, 2.05) is 0 Å². The van der Waals surface area contributed by atoms with Crippen molar-refractivity contribution in [3.8, 4) is 11.5 Å². The SMILES string of the molecule is COC(=O)Cc1c(OC(F)(F)F)cnc(C)c1O. The smallest absolute Gasteiger partial charge is 0.506 e. The number of alkyl halides is 3. The molecule has 0 saturated heterocycles. The molecule has 0 aliphatic heterocycles. The lowest BCUT2D eigenvalue weighted by Gasteiger charge is -2.14. The Hall–Kier alpha value is -1.99. The van der Waals surface area contributed by atoms with Crippen LogP contribution in [-0.2, 0) is 16.0 Å². The number of aromatic hydroxyl groups is 1. The van der Waals surface area contributed by atoms with Crippen LogP contribution in [0.3, 0.4) is 0 Å². The van der Waals surface area contributed by atoms with Crippen molar-refractivity contribution >= 4 is 5.97 Å². The molecule has 1 aromatic rings. The van der Waals surface area contributed by atoms with Crippen LogP contribution in [0.5, 0.6) is 11.5 Å². The summed E-state index contributed by atoms with van der Waals surface area (Å²) in [5.41, 5.74) is -0.227. The molecule has 0 radical (unpaired) electrons. The number of methoxy groups -OCH3 is 1. The number of nitrogens with zero attached hydrogens (tertiary/aromatic N) is 1. The first-order valence-corrected chi connectivity index (χ1v) is 4.74. The second kappa shape index (κ2) is 5.11. The Balaban J connectivity index is 3.17. The molecule has 5 nitrogen and oxygen atoms in total. The summed E-state index contributed by atoms with van der Waals surface area (Å²) in [5.74, 6) is -2.05. The molecule has 0 bridgehead atoms. The molecule has 0 unspecified atom stereocenters. The van der Waals surface area contributed by atoms with E-state index in [1.165, 1.54) is 6.92 Å². The van der Waals surface area contributed by atoms with Crippen LogP contribution < -0.4 is 4.74 Å². The molecule has 1 rings (SSSR count). The highest BCUT2D eigenvalue weighted by Gasteiger charge is 2.33. The third-order valence-corrected chi connectivity index (χ3v) is 2.08. The number of esters is 1. The van der Waals surface area contributed by atoms with E-state index in [0.717, 1.165) is 13.3 Å². The molecule has 0 aliphatic rings. The molecule has 0 saturated carbocycles. The summed E-state index contributed by atoms with van der Waals surface area (Å²) in [6.45, 7) is 1.38. The van der Waals surface area contributed by atoms with Gasteiger partial charge in [0, 0.05) is 0 Å². The van der Waals surface area contributed by atoms with Gasteiger partial charge in [0.15, 0.2) is 5.75 Å².